The van der Waals surface area contributed by atoms with Crippen molar-refractivity contribution in [2.45, 2.75) is 11.8 Å². The van der Waals surface area contributed by atoms with E-state index in [-0.39, 0.29) is 14.9 Å². The Labute approximate surface area is 131 Å². The van der Waals surface area contributed by atoms with Gasteiger partial charge in [0, 0.05) is 5.02 Å². The van der Waals surface area contributed by atoms with Crippen molar-refractivity contribution in [3.05, 3.63) is 52.0 Å². The fourth-order valence-electron chi connectivity index (χ4n) is 1.96. The summed E-state index contributed by atoms with van der Waals surface area (Å²) in [6, 6.07) is 9.44. The molecular formula is C13H9Cl2N3O2S. The standard InChI is InChI=1S/C13H9Cl2N3O2S/c1-8-2-5-12-11(6-8)16-17-18(12)21(19,20)13-7-9(14)3-4-10(13)15/h2-7H,1H3. The second kappa shape index (κ2) is 4.98. The van der Waals surface area contributed by atoms with Crippen LogP contribution in [0.5, 0.6) is 0 Å². The average Bonchev–Trinajstić information content (AvgIpc) is 2.84. The molecule has 0 saturated heterocycles. The number of aryl methyl sites for hydroxylation is 1. The van der Waals surface area contributed by atoms with Crippen LogP contribution >= 0.6 is 23.2 Å². The number of hydrogen-bond acceptors (Lipinski definition) is 4. The maximum atomic E-state index is 12.7. The number of aromatic nitrogens is 3. The lowest BCUT2D eigenvalue weighted by molar-refractivity contribution is 0.579. The van der Waals surface area contributed by atoms with Gasteiger partial charge in [0.15, 0.2) is 0 Å². The molecule has 3 aromatic rings. The normalized spacial score (nSPS) is 12.0. The van der Waals surface area contributed by atoms with Crippen LogP contribution in [0, 0.1) is 6.92 Å². The van der Waals surface area contributed by atoms with Gasteiger partial charge >= 0.3 is 0 Å². The highest BCUT2D eigenvalue weighted by atomic mass is 35.5. The second-order valence-electron chi connectivity index (χ2n) is 4.50. The maximum absolute atomic E-state index is 12.7. The minimum Gasteiger partial charge on any atom is -0.199 e. The van der Waals surface area contributed by atoms with Gasteiger partial charge < -0.3 is 0 Å². The molecule has 0 saturated carbocycles. The van der Waals surface area contributed by atoms with E-state index in [1.165, 1.54) is 18.2 Å². The molecule has 0 amide bonds. The average molecular weight is 342 g/mol. The first-order valence-electron chi connectivity index (χ1n) is 5.92. The van der Waals surface area contributed by atoms with E-state index >= 15 is 0 Å². The Balaban J connectivity index is 2.28. The molecule has 0 atom stereocenters. The summed E-state index contributed by atoms with van der Waals surface area (Å²) in [6.45, 7) is 1.89. The van der Waals surface area contributed by atoms with Gasteiger partial charge in [-0.05, 0) is 42.8 Å². The molecule has 3 rings (SSSR count). The molecule has 0 N–H and O–H groups in total. The summed E-state index contributed by atoms with van der Waals surface area (Å²) in [4.78, 5) is -0.107. The number of nitrogens with zero attached hydrogens (tertiary/aromatic N) is 3. The van der Waals surface area contributed by atoms with E-state index < -0.39 is 10.0 Å². The van der Waals surface area contributed by atoms with Crippen molar-refractivity contribution >= 4 is 44.3 Å². The van der Waals surface area contributed by atoms with Crippen LogP contribution in [-0.4, -0.2) is 22.8 Å². The van der Waals surface area contributed by atoms with E-state index in [0.717, 1.165) is 9.65 Å². The van der Waals surface area contributed by atoms with Gasteiger partial charge in [-0.1, -0.05) is 34.5 Å². The van der Waals surface area contributed by atoms with Gasteiger partial charge in [0.05, 0.1) is 5.02 Å². The lowest BCUT2D eigenvalue weighted by Crippen LogP contribution is -2.15. The maximum Gasteiger partial charge on any atom is 0.286 e. The quantitative estimate of drug-likeness (QED) is 0.717. The summed E-state index contributed by atoms with van der Waals surface area (Å²) in [6.07, 6.45) is 0. The van der Waals surface area contributed by atoms with Crippen LogP contribution in [-0.2, 0) is 10.0 Å². The fraction of sp³-hybridized carbons (Fsp3) is 0.0769. The molecule has 21 heavy (non-hydrogen) atoms. The largest absolute Gasteiger partial charge is 0.286 e. The number of hydrogen-bond donors (Lipinski definition) is 0. The molecule has 1 aromatic heterocycles. The first-order valence-corrected chi connectivity index (χ1v) is 8.12. The van der Waals surface area contributed by atoms with Crippen LogP contribution < -0.4 is 0 Å². The molecule has 0 spiro atoms. The molecule has 5 nitrogen and oxygen atoms in total. The van der Waals surface area contributed by atoms with Crippen LogP contribution in [0.15, 0.2) is 41.3 Å². The monoisotopic (exact) mass is 341 g/mol. The third kappa shape index (κ3) is 2.39. The zero-order valence-corrected chi connectivity index (χ0v) is 13.1. The number of rotatable bonds is 2. The summed E-state index contributed by atoms with van der Waals surface area (Å²) in [7, 11) is -3.96. The highest BCUT2D eigenvalue weighted by Gasteiger charge is 2.24. The van der Waals surface area contributed by atoms with Crippen LogP contribution in [0.3, 0.4) is 0 Å². The first-order chi connectivity index (χ1) is 9.89. The van der Waals surface area contributed by atoms with Gasteiger partial charge in [-0.2, -0.15) is 8.42 Å². The zero-order valence-electron chi connectivity index (χ0n) is 10.8. The summed E-state index contributed by atoms with van der Waals surface area (Å²) in [5.74, 6) is 0. The van der Waals surface area contributed by atoms with Crippen molar-refractivity contribution in [3.8, 4) is 0 Å². The number of benzene rings is 2. The Bertz CT molecular complexity index is 951. The summed E-state index contributed by atoms with van der Waals surface area (Å²) in [5.41, 5.74) is 1.85. The highest BCUT2D eigenvalue weighted by Crippen LogP contribution is 2.28. The van der Waals surface area contributed by atoms with Crippen molar-refractivity contribution in [1.29, 1.82) is 0 Å². The molecule has 1 heterocycles. The second-order valence-corrected chi connectivity index (χ2v) is 7.08. The zero-order chi connectivity index (χ0) is 15.2. The molecular weight excluding hydrogens is 333 g/mol. The van der Waals surface area contributed by atoms with Gasteiger partial charge in [0.2, 0.25) is 0 Å². The predicted octanol–water partition coefficient (Wildman–Crippen LogP) is 3.28. The van der Waals surface area contributed by atoms with Gasteiger partial charge in [-0.15, -0.1) is 9.19 Å². The van der Waals surface area contributed by atoms with E-state index in [4.69, 9.17) is 23.2 Å². The minimum absolute atomic E-state index is 0.0789. The van der Waals surface area contributed by atoms with Crippen LogP contribution in [0.2, 0.25) is 10.0 Å². The molecule has 8 heteroatoms. The lowest BCUT2D eigenvalue weighted by Gasteiger charge is -2.07. The molecule has 0 radical (unpaired) electrons. The van der Waals surface area contributed by atoms with Crippen molar-refractivity contribution in [1.82, 2.24) is 14.4 Å². The molecule has 0 aliphatic heterocycles. The van der Waals surface area contributed by atoms with Gasteiger partial charge in [0.1, 0.15) is 15.9 Å². The van der Waals surface area contributed by atoms with E-state index in [9.17, 15) is 8.42 Å². The van der Waals surface area contributed by atoms with E-state index in [0.29, 0.717) is 11.0 Å². The van der Waals surface area contributed by atoms with Crippen LogP contribution in [0.1, 0.15) is 5.56 Å². The van der Waals surface area contributed by atoms with Crippen LogP contribution in [0.4, 0.5) is 0 Å². The predicted molar refractivity (Wildman–Crippen MR) is 81.3 cm³/mol. The van der Waals surface area contributed by atoms with Crippen molar-refractivity contribution in [3.63, 3.8) is 0 Å². The molecule has 0 unspecified atom stereocenters. The summed E-state index contributed by atoms with van der Waals surface area (Å²) in [5, 5.41) is 7.97. The Morgan fingerprint density at radius 1 is 1.10 bits per heavy atom. The lowest BCUT2D eigenvalue weighted by atomic mass is 10.2. The van der Waals surface area contributed by atoms with E-state index in [2.05, 4.69) is 10.3 Å². The molecule has 0 aliphatic carbocycles. The number of fused-ring (bicyclic) bond motifs is 1. The highest BCUT2D eigenvalue weighted by molar-refractivity contribution is 7.90. The van der Waals surface area contributed by atoms with Crippen molar-refractivity contribution < 1.29 is 8.42 Å². The fourth-order valence-corrected chi connectivity index (χ4v) is 3.93. The first kappa shape index (κ1) is 14.3. The van der Waals surface area contributed by atoms with E-state index in [1.54, 1.807) is 18.2 Å². The Morgan fingerprint density at radius 3 is 2.62 bits per heavy atom. The Hall–Kier alpha value is -1.63. The molecule has 108 valence electrons. The smallest absolute Gasteiger partial charge is 0.199 e. The topological polar surface area (TPSA) is 64.8 Å². The Morgan fingerprint density at radius 2 is 1.86 bits per heavy atom. The van der Waals surface area contributed by atoms with Gasteiger partial charge in [0.25, 0.3) is 10.0 Å². The molecule has 0 fully saturated rings. The van der Waals surface area contributed by atoms with Crippen LogP contribution in [0.25, 0.3) is 11.0 Å². The summed E-state index contributed by atoms with van der Waals surface area (Å²) < 4.78 is 26.2. The molecule has 0 aliphatic rings. The SMILES string of the molecule is Cc1ccc2c(c1)nnn2S(=O)(=O)c1cc(Cl)ccc1Cl. The van der Waals surface area contributed by atoms with Gasteiger partial charge in [-0.3, -0.25) is 0 Å². The third-order valence-corrected chi connectivity index (χ3v) is 5.26. The minimum atomic E-state index is -3.96. The third-order valence-electron chi connectivity index (χ3n) is 2.97. The Kier molecular flexibility index (Phi) is 3.39. The van der Waals surface area contributed by atoms with Crippen molar-refractivity contribution in [2.75, 3.05) is 0 Å². The van der Waals surface area contributed by atoms with Gasteiger partial charge in [-0.25, -0.2) is 0 Å². The van der Waals surface area contributed by atoms with E-state index in [1.807, 2.05) is 6.92 Å². The molecule has 0 bridgehead atoms. The molecule has 2 aromatic carbocycles. The summed E-state index contributed by atoms with van der Waals surface area (Å²) >= 11 is 11.8. The van der Waals surface area contributed by atoms with Crippen molar-refractivity contribution in [2.24, 2.45) is 0 Å². The number of halogens is 2.